The highest BCUT2D eigenvalue weighted by Crippen LogP contribution is 2.15. The number of amides is 2. The maximum atomic E-state index is 12.1. The molecule has 1 aliphatic rings. The standard InChI is InChI=1S/C15H20N2O3/c1-2-13(14(18)19)16-15(20)17-9-7-11-5-3-4-6-12(11)8-10-17/h3-6,13H,2,7-10H2,1H3,(H,16,20)(H,18,19)/t13-/m0/s1. The van der Waals surface area contributed by atoms with E-state index in [0.29, 0.717) is 19.5 Å². The Labute approximate surface area is 118 Å². The van der Waals surface area contributed by atoms with E-state index < -0.39 is 12.0 Å². The molecular formula is C15H20N2O3. The summed E-state index contributed by atoms with van der Waals surface area (Å²) < 4.78 is 0. The van der Waals surface area contributed by atoms with Crippen LogP contribution in [0.4, 0.5) is 4.79 Å². The third kappa shape index (κ3) is 3.29. The van der Waals surface area contributed by atoms with E-state index in [4.69, 9.17) is 5.11 Å². The number of carboxylic acid groups (broad SMARTS) is 1. The van der Waals surface area contributed by atoms with E-state index >= 15 is 0 Å². The fourth-order valence-corrected chi connectivity index (χ4v) is 2.45. The lowest BCUT2D eigenvalue weighted by molar-refractivity contribution is -0.139. The highest BCUT2D eigenvalue weighted by atomic mass is 16.4. The number of hydrogen-bond acceptors (Lipinski definition) is 2. The van der Waals surface area contributed by atoms with Gasteiger partial charge in [0.2, 0.25) is 0 Å². The van der Waals surface area contributed by atoms with Crippen LogP contribution in [0.5, 0.6) is 0 Å². The molecule has 0 unspecified atom stereocenters. The van der Waals surface area contributed by atoms with Crippen LogP contribution in [0.1, 0.15) is 24.5 Å². The van der Waals surface area contributed by atoms with Crippen molar-refractivity contribution >= 4 is 12.0 Å². The first-order chi connectivity index (χ1) is 9.61. The molecule has 20 heavy (non-hydrogen) atoms. The summed E-state index contributed by atoms with van der Waals surface area (Å²) in [6, 6.07) is 7.09. The smallest absolute Gasteiger partial charge is 0.326 e. The Kier molecular flexibility index (Phi) is 4.61. The SMILES string of the molecule is CC[C@H](NC(=O)N1CCc2ccccc2CC1)C(=O)O. The zero-order valence-electron chi connectivity index (χ0n) is 11.6. The largest absolute Gasteiger partial charge is 0.480 e. The van der Waals surface area contributed by atoms with Gasteiger partial charge >= 0.3 is 12.0 Å². The minimum atomic E-state index is -0.987. The molecule has 0 fully saturated rings. The summed E-state index contributed by atoms with van der Waals surface area (Å²) in [5.74, 6) is -0.987. The Morgan fingerprint density at radius 1 is 1.25 bits per heavy atom. The number of carboxylic acids is 1. The second kappa shape index (κ2) is 6.41. The van der Waals surface area contributed by atoms with Gasteiger partial charge in [-0.1, -0.05) is 31.2 Å². The van der Waals surface area contributed by atoms with Gasteiger partial charge in [0.25, 0.3) is 0 Å². The molecule has 2 N–H and O–H groups in total. The van der Waals surface area contributed by atoms with Gasteiger partial charge in [-0.3, -0.25) is 0 Å². The predicted molar refractivity (Wildman–Crippen MR) is 75.7 cm³/mol. The maximum Gasteiger partial charge on any atom is 0.326 e. The Morgan fingerprint density at radius 2 is 1.80 bits per heavy atom. The Balaban J connectivity index is 1.98. The molecule has 5 nitrogen and oxygen atoms in total. The molecule has 1 aliphatic heterocycles. The summed E-state index contributed by atoms with van der Waals surface area (Å²) in [5.41, 5.74) is 2.54. The van der Waals surface area contributed by atoms with Crippen molar-refractivity contribution in [1.29, 1.82) is 0 Å². The molecule has 0 aromatic heterocycles. The summed E-state index contributed by atoms with van der Waals surface area (Å²) >= 11 is 0. The summed E-state index contributed by atoms with van der Waals surface area (Å²) in [4.78, 5) is 24.8. The van der Waals surface area contributed by atoms with Crippen molar-refractivity contribution in [1.82, 2.24) is 10.2 Å². The molecule has 2 rings (SSSR count). The van der Waals surface area contributed by atoms with Gasteiger partial charge in [-0.15, -0.1) is 0 Å². The van der Waals surface area contributed by atoms with Crippen molar-refractivity contribution in [3.63, 3.8) is 0 Å². The van der Waals surface area contributed by atoms with Crippen LogP contribution in [0, 0.1) is 0 Å². The summed E-state index contributed by atoms with van der Waals surface area (Å²) in [7, 11) is 0. The molecule has 0 saturated heterocycles. The van der Waals surface area contributed by atoms with Gasteiger partial charge in [0.05, 0.1) is 0 Å². The van der Waals surface area contributed by atoms with E-state index in [-0.39, 0.29) is 6.03 Å². The fourth-order valence-electron chi connectivity index (χ4n) is 2.45. The Hall–Kier alpha value is -2.04. The topological polar surface area (TPSA) is 69.6 Å². The van der Waals surface area contributed by atoms with Gasteiger partial charge in [0.1, 0.15) is 6.04 Å². The number of aliphatic carboxylic acids is 1. The zero-order chi connectivity index (χ0) is 14.5. The van der Waals surface area contributed by atoms with Crippen LogP contribution in [-0.2, 0) is 17.6 Å². The van der Waals surface area contributed by atoms with Crippen LogP contribution in [-0.4, -0.2) is 41.1 Å². The molecule has 0 spiro atoms. The number of carbonyl (C=O) groups is 2. The first-order valence-corrected chi connectivity index (χ1v) is 6.97. The number of fused-ring (bicyclic) bond motifs is 1. The van der Waals surface area contributed by atoms with Gasteiger partial charge in [-0.25, -0.2) is 9.59 Å². The van der Waals surface area contributed by atoms with Crippen molar-refractivity contribution in [3.8, 4) is 0 Å². The van der Waals surface area contributed by atoms with Gasteiger partial charge in [-0.05, 0) is 30.4 Å². The maximum absolute atomic E-state index is 12.1. The van der Waals surface area contributed by atoms with Gasteiger partial charge in [-0.2, -0.15) is 0 Å². The number of nitrogens with zero attached hydrogens (tertiary/aromatic N) is 1. The molecule has 0 aliphatic carbocycles. The van der Waals surface area contributed by atoms with Crippen molar-refractivity contribution in [2.45, 2.75) is 32.2 Å². The van der Waals surface area contributed by atoms with E-state index in [9.17, 15) is 9.59 Å². The van der Waals surface area contributed by atoms with E-state index in [2.05, 4.69) is 17.4 Å². The molecule has 0 bridgehead atoms. The normalized spacial score (nSPS) is 15.9. The lowest BCUT2D eigenvalue weighted by Crippen LogP contribution is -2.48. The number of carbonyl (C=O) groups excluding carboxylic acids is 1. The first-order valence-electron chi connectivity index (χ1n) is 6.97. The third-order valence-corrected chi connectivity index (χ3v) is 3.71. The van der Waals surface area contributed by atoms with Crippen LogP contribution in [0.15, 0.2) is 24.3 Å². The minimum Gasteiger partial charge on any atom is -0.480 e. The number of hydrogen-bond donors (Lipinski definition) is 2. The molecule has 1 heterocycles. The van der Waals surface area contributed by atoms with E-state index in [0.717, 1.165) is 12.8 Å². The second-order valence-corrected chi connectivity index (χ2v) is 5.00. The average molecular weight is 276 g/mol. The number of benzene rings is 1. The molecule has 0 radical (unpaired) electrons. The van der Waals surface area contributed by atoms with Crippen LogP contribution < -0.4 is 5.32 Å². The zero-order valence-corrected chi connectivity index (χ0v) is 11.6. The summed E-state index contributed by atoms with van der Waals surface area (Å²) in [6.07, 6.45) is 2.01. The van der Waals surface area contributed by atoms with Crippen molar-refractivity contribution in [2.75, 3.05) is 13.1 Å². The number of urea groups is 1. The molecule has 1 atom stereocenters. The van der Waals surface area contributed by atoms with Crippen LogP contribution in [0.25, 0.3) is 0 Å². The lowest BCUT2D eigenvalue weighted by atomic mass is 10.0. The highest BCUT2D eigenvalue weighted by molar-refractivity contribution is 5.82. The molecule has 108 valence electrons. The molecular weight excluding hydrogens is 256 g/mol. The van der Waals surface area contributed by atoms with Crippen LogP contribution >= 0.6 is 0 Å². The van der Waals surface area contributed by atoms with E-state index in [1.807, 2.05) is 12.1 Å². The quantitative estimate of drug-likeness (QED) is 0.882. The average Bonchev–Trinajstić information content (AvgIpc) is 2.66. The van der Waals surface area contributed by atoms with Crippen LogP contribution in [0.3, 0.4) is 0 Å². The van der Waals surface area contributed by atoms with Gasteiger partial charge in [0.15, 0.2) is 0 Å². The van der Waals surface area contributed by atoms with E-state index in [1.54, 1.807) is 11.8 Å². The molecule has 5 heteroatoms. The lowest BCUT2D eigenvalue weighted by Gasteiger charge is -2.23. The van der Waals surface area contributed by atoms with Crippen molar-refractivity contribution in [2.24, 2.45) is 0 Å². The highest BCUT2D eigenvalue weighted by Gasteiger charge is 2.23. The third-order valence-electron chi connectivity index (χ3n) is 3.71. The van der Waals surface area contributed by atoms with Gasteiger partial charge in [0, 0.05) is 13.1 Å². The molecule has 1 aromatic carbocycles. The summed E-state index contributed by atoms with van der Waals surface area (Å²) in [5, 5.41) is 11.6. The van der Waals surface area contributed by atoms with Crippen molar-refractivity contribution < 1.29 is 14.7 Å². The number of nitrogens with one attached hydrogen (secondary N) is 1. The van der Waals surface area contributed by atoms with Gasteiger partial charge < -0.3 is 15.3 Å². The monoisotopic (exact) mass is 276 g/mol. The fraction of sp³-hybridized carbons (Fsp3) is 0.467. The van der Waals surface area contributed by atoms with E-state index in [1.165, 1.54) is 11.1 Å². The Bertz CT molecular complexity index is 475. The molecule has 0 saturated carbocycles. The van der Waals surface area contributed by atoms with Crippen LogP contribution in [0.2, 0.25) is 0 Å². The minimum absolute atomic E-state index is 0.285. The predicted octanol–water partition coefficient (Wildman–Crippen LogP) is 1.66. The van der Waals surface area contributed by atoms with Crippen molar-refractivity contribution in [3.05, 3.63) is 35.4 Å². The Morgan fingerprint density at radius 3 is 2.25 bits per heavy atom. The second-order valence-electron chi connectivity index (χ2n) is 5.00. The number of rotatable bonds is 3. The molecule has 1 aromatic rings. The molecule has 2 amide bonds. The first kappa shape index (κ1) is 14.4. The summed E-state index contributed by atoms with van der Waals surface area (Å²) in [6.45, 7) is 3.00.